The monoisotopic (exact) mass is 354 g/mol. The van der Waals surface area contributed by atoms with Crippen LogP contribution >= 0.6 is 0 Å². The Kier molecular flexibility index (Phi) is 10.6. The molecule has 0 bridgehead atoms. The standard InChI is InChI=1S/C11H22N6O2.C6H12/c12-7-9(18)17-6-3-8(17)10(19)15-4-1-2-5-16-11(13)14;1-2-4-6-5-3-1/h8H,1-7,12H2,(H,15,19)(H4,13,14,16);1-6H2. The maximum Gasteiger partial charge on any atom is 0.242 e. The van der Waals surface area contributed by atoms with Crippen LogP contribution in [-0.4, -0.2) is 54.9 Å². The molecule has 7 N–H and O–H groups in total. The number of likely N-dealkylation sites (tertiary alicyclic amines) is 1. The summed E-state index contributed by atoms with van der Waals surface area (Å²) in [5, 5.41) is 2.80. The molecule has 2 amide bonds. The highest BCUT2D eigenvalue weighted by Crippen LogP contribution is 2.17. The number of hydrogen-bond donors (Lipinski definition) is 4. The second kappa shape index (κ2) is 12.5. The number of nitrogens with one attached hydrogen (secondary N) is 1. The molecule has 2 aliphatic rings. The summed E-state index contributed by atoms with van der Waals surface area (Å²) in [4.78, 5) is 28.5. The van der Waals surface area contributed by atoms with Crippen LogP contribution in [0.3, 0.4) is 0 Å². The Hall–Kier alpha value is -1.83. The van der Waals surface area contributed by atoms with E-state index in [1.165, 1.54) is 43.4 Å². The first-order valence-electron chi connectivity index (χ1n) is 9.39. The number of nitrogens with two attached hydrogens (primary N) is 3. The number of carbonyl (C=O) groups excluding carboxylic acids is 2. The van der Waals surface area contributed by atoms with Gasteiger partial charge < -0.3 is 27.4 Å². The van der Waals surface area contributed by atoms with E-state index in [0.717, 1.165) is 12.8 Å². The zero-order valence-electron chi connectivity index (χ0n) is 15.2. The molecule has 0 radical (unpaired) electrons. The van der Waals surface area contributed by atoms with Gasteiger partial charge in [-0.3, -0.25) is 14.6 Å². The normalized spacial score (nSPS) is 19.1. The fourth-order valence-electron chi connectivity index (χ4n) is 2.91. The minimum atomic E-state index is -0.353. The lowest BCUT2D eigenvalue weighted by Gasteiger charge is -2.39. The zero-order valence-corrected chi connectivity index (χ0v) is 15.2. The van der Waals surface area contributed by atoms with E-state index in [4.69, 9.17) is 17.2 Å². The summed E-state index contributed by atoms with van der Waals surface area (Å²) >= 11 is 0. The number of nitrogens with zero attached hydrogens (tertiary/aromatic N) is 2. The highest BCUT2D eigenvalue weighted by atomic mass is 16.2. The van der Waals surface area contributed by atoms with Crippen molar-refractivity contribution in [3.8, 4) is 0 Å². The van der Waals surface area contributed by atoms with Gasteiger partial charge in [-0.25, -0.2) is 0 Å². The fraction of sp³-hybridized carbons (Fsp3) is 0.824. The predicted molar refractivity (Wildman–Crippen MR) is 99.8 cm³/mol. The summed E-state index contributed by atoms with van der Waals surface area (Å²) in [6, 6.07) is -0.353. The summed E-state index contributed by atoms with van der Waals surface area (Å²) in [6.07, 6.45) is 11.3. The van der Waals surface area contributed by atoms with Crippen LogP contribution in [0.2, 0.25) is 0 Å². The largest absolute Gasteiger partial charge is 0.370 e. The van der Waals surface area contributed by atoms with Crippen molar-refractivity contribution in [3.63, 3.8) is 0 Å². The van der Waals surface area contributed by atoms with Crippen LogP contribution in [0.4, 0.5) is 0 Å². The molecule has 1 atom stereocenters. The molecule has 25 heavy (non-hydrogen) atoms. The molecule has 2 rings (SSSR count). The van der Waals surface area contributed by atoms with Gasteiger partial charge in [0.1, 0.15) is 6.04 Å². The molecule has 0 aromatic rings. The average Bonchev–Trinajstić information content (AvgIpc) is 2.58. The third-order valence-electron chi connectivity index (χ3n) is 4.50. The van der Waals surface area contributed by atoms with Crippen LogP contribution in [-0.2, 0) is 9.59 Å². The van der Waals surface area contributed by atoms with Gasteiger partial charge in [0.05, 0.1) is 6.54 Å². The molecule has 1 heterocycles. The lowest BCUT2D eigenvalue weighted by atomic mass is 10.0. The van der Waals surface area contributed by atoms with Crippen LogP contribution < -0.4 is 22.5 Å². The summed E-state index contributed by atoms with van der Waals surface area (Å²) in [7, 11) is 0. The zero-order chi connectivity index (χ0) is 18.5. The van der Waals surface area contributed by atoms with Gasteiger partial charge in [0.25, 0.3) is 0 Å². The topological polar surface area (TPSA) is 140 Å². The van der Waals surface area contributed by atoms with Gasteiger partial charge in [0.2, 0.25) is 11.8 Å². The van der Waals surface area contributed by atoms with Crippen molar-refractivity contribution in [2.45, 2.75) is 63.8 Å². The van der Waals surface area contributed by atoms with Gasteiger partial charge in [-0.15, -0.1) is 0 Å². The van der Waals surface area contributed by atoms with E-state index >= 15 is 0 Å². The molecule has 144 valence electrons. The van der Waals surface area contributed by atoms with Crippen molar-refractivity contribution < 1.29 is 9.59 Å². The maximum atomic E-state index is 11.8. The van der Waals surface area contributed by atoms with Crippen LogP contribution in [0.15, 0.2) is 4.99 Å². The smallest absolute Gasteiger partial charge is 0.242 e. The first-order chi connectivity index (χ1) is 12.1. The molecule has 8 nitrogen and oxygen atoms in total. The third-order valence-corrected chi connectivity index (χ3v) is 4.50. The minimum absolute atomic E-state index is 0.0533. The van der Waals surface area contributed by atoms with Gasteiger partial charge >= 0.3 is 0 Å². The van der Waals surface area contributed by atoms with Crippen molar-refractivity contribution in [2.75, 3.05) is 26.2 Å². The Morgan fingerprint density at radius 2 is 1.64 bits per heavy atom. The lowest BCUT2D eigenvalue weighted by molar-refractivity contribution is -0.146. The summed E-state index contributed by atoms with van der Waals surface area (Å²) < 4.78 is 0. The van der Waals surface area contributed by atoms with E-state index in [1.54, 1.807) is 0 Å². The summed E-state index contributed by atoms with van der Waals surface area (Å²) in [5.74, 6) is -0.219. The van der Waals surface area contributed by atoms with E-state index in [1.807, 2.05) is 0 Å². The molecule has 0 aromatic heterocycles. The number of unbranched alkanes of at least 4 members (excludes halogenated alkanes) is 1. The second-order valence-electron chi connectivity index (χ2n) is 6.52. The van der Waals surface area contributed by atoms with Crippen LogP contribution in [0, 0.1) is 0 Å². The van der Waals surface area contributed by atoms with Gasteiger partial charge in [-0.2, -0.15) is 0 Å². The number of hydrogen-bond acceptors (Lipinski definition) is 4. The van der Waals surface area contributed by atoms with Crippen LogP contribution in [0.25, 0.3) is 0 Å². The van der Waals surface area contributed by atoms with Crippen molar-refractivity contribution in [3.05, 3.63) is 0 Å². The Labute approximate surface area is 150 Å². The van der Waals surface area contributed by atoms with Gasteiger partial charge in [0.15, 0.2) is 5.96 Å². The average molecular weight is 354 g/mol. The van der Waals surface area contributed by atoms with Gasteiger partial charge in [0, 0.05) is 19.6 Å². The van der Waals surface area contributed by atoms with Crippen molar-refractivity contribution in [1.29, 1.82) is 0 Å². The van der Waals surface area contributed by atoms with E-state index < -0.39 is 0 Å². The highest BCUT2D eigenvalue weighted by molar-refractivity contribution is 5.89. The quantitative estimate of drug-likeness (QED) is 0.291. The molecule has 1 aliphatic heterocycles. The third kappa shape index (κ3) is 8.72. The summed E-state index contributed by atoms with van der Waals surface area (Å²) in [5.41, 5.74) is 15.6. The Balaban J connectivity index is 0.000000435. The molecule has 0 aromatic carbocycles. The first-order valence-corrected chi connectivity index (χ1v) is 9.39. The second-order valence-corrected chi connectivity index (χ2v) is 6.52. The molecular weight excluding hydrogens is 320 g/mol. The predicted octanol–water partition coefficient (Wildman–Crippen LogP) is 0.0564. The number of carbonyl (C=O) groups is 2. The number of guanidine groups is 1. The van der Waals surface area contributed by atoms with Gasteiger partial charge in [-0.05, 0) is 19.3 Å². The molecule has 1 unspecified atom stereocenters. The SMILES string of the molecule is C1CCCCC1.NCC(=O)N1CCC1C(=O)NCCCCN=C(N)N. The highest BCUT2D eigenvalue weighted by Gasteiger charge is 2.36. The molecule has 1 aliphatic carbocycles. The van der Waals surface area contributed by atoms with Crippen LogP contribution in [0.1, 0.15) is 57.8 Å². The Morgan fingerprint density at radius 3 is 2.08 bits per heavy atom. The maximum absolute atomic E-state index is 11.8. The molecular formula is C17H34N6O2. The summed E-state index contributed by atoms with van der Waals surface area (Å²) in [6.45, 7) is 1.67. The Bertz CT molecular complexity index is 421. The van der Waals surface area contributed by atoms with Gasteiger partial charge in [-0.1, -0.05) is 38.5 Å². The molecule has 1 saturated heterocycles. The molecule has 1 saturated carbocycles. The number of amides is 2. The lowest BCUT2D eigenvalue weighted by Crippen LogP contribution is -2.59. The number of rotatable bonds is 7. The molecule has 2 fully saturated rings. The Morgan fingerprint density at radius 1 is 1.04 bits per heavy atom. The molecule has 8 heteroatoms. The van der Waals surface area contributed by atoms with E-state index in [-0.39, 0.29) is 30.4 Å². The van der Waals surface area contributed by atoms with E-state index in [9.17, 15) is 9.59 Å². The van der Waals surface area contributed by atoms with E-state index in [0.29, 0.717) is 26.1 Å². The molecule has 0 spiro atoms. The van der Waals surface area contributed by atoms with Crippen molar-refractivity contribution in [2.24, 2.45) is 22.2 Å². The van der Waals surface area contributed by atoms with Crippen molar-refractivity contribution in [1.82, 2.24) is 10.2 Å². The number of aliphatic imine (C=N–C) groups is 1. The first kappa shape index (κ1) is 21.2. The fourth-order valence-corrected chi connectivity index (χ4v) is 2.91. The van der Waals surface area contributed by atoms with Crippen molar-refractivity contribution >= 4 is 17.8 Å². The van der Waals surface area contributed by atoms with E-state index in [2.05, 4.69) is 10.3 Å². The minimum Gasteiger partial charge on any atom is -0.370 e. The van der Waals surface area contributed by atoms with Crippen LogP contribution in [0.5, 0.6) is 0 Å².